The first-order valence-corrected chi connectivity index (χ1v) is 9.31. The number of amides is 3. The lowest BCUT2D eigenvalue weighted by atomic mass is 10.0. The maximum absolute atomic E-state index is 12.8. The van der Waals surface area contributed by atoms with Gasteiger partial charge >= 0.3 is 0 Å². The second kappa shape index (κ2) is 7.84. The molecule has 2 N–H and O–H groups in total. The van der Waals surface area contributed by atoms with E-state index in [1.165, 1.54) is 6.92 Å². The van der Waals surface area contributed by atoms with Crippen LogP contribution in [0.2, 0.25) is 0 Å². The molecule has 3 amide bonds. The molecule has 146 valence electrons. The fourth-order valence-corrected chi connectivity index (χ4v) is 3.69. The Morgan fingerprint density at radius 2 is 1.71 bits per heavy atom. The van der Waals surface area contributed by atoms with E-state index in [0.717, 1.165) is 22.4 Å². The van der Waals surface area contributed by atoms with E-state index >= 15 is 0 Å². The maximum atomic E-state index is 12.8. The van der Waals surface area contributed by atoms with Crippen molar-refractivity contribution in [1.82, 2.24) is 0 Å². The second-order valence-electron chi connectivity index (χ2n) is 7.40. The Balaban J connectivity index is 1.74. The van der Waals surface area contributed by atoms with Crippen molar-refractivity contribution < 1.29 is 14.4 Å². The largest absolute Gasteiger partial charge is 0.326 e. The summed E-state index contributed by atoms with van der Waals surface area (Å²) in [6.07, 6.45) is 0.167. The van der Waals surface area contributed by atoms with Crippen LogP contribution in [-0.2, 0) is 14.4 Å². The molecule has 0 bridgehead atoms. The van der Waals surface area contributed by atoms with Gasteiger partial charge in [0.1, 0.15) is 0 Å². The van der Waals surface area contributed by atoms with E-state index in [4.69, 9.17) is 0 Å². The van der Waals surface area contributed by atoms with Crippen molar-refractivity contribution in [3.63, 3.8) is 0 Å². The summed E-state index contributed by atoms with van der Waals surface area (Å²) in [6.45, 7) is 7.71. The molecule has 0 aromatic heterocycles. The molecule has 2 aromatic carbocycles. The molecule has 0 spiro atoms. The lowest BCUT2D eigenvalue weighted by Crippen LogP contribution is -2.28. The molecule has 1 saturated heterocycles. The number of hydrogen-bond acceptors (Lipinski definition) is 3. The molecule has 2 aromatic rings. The summed E-state index contributed by atoms with van der Waals surface area (Å²) in [6, 6.07) is 11.1. The van der Waals surface area contributed by atoms with Crippen molar-refractivity contribution in [1.29, 1.82) is 0 Å². The van der Waals surface area contributed by atoms with Gasteiger partial charge in [0.25, 0.3) is 0 Å². The molecule has 0 aliphatic carbocycles. The van der Waals surface area contributed by atoms with Gasteiger partial charge in [-0.15, -0.1) is 0 Å². The molecule has 28 heavy (non-hydrogen) atoms. The minimum Gasteiger partial charge on any atom is -0.326 e. The number of nitrogens with zero attached hydrogens (tertiary/aromatic N) is 1. The van der Waals surface area contributed by atoms with Crippen LogP contribution in [0.4, 0.5) is 17.1 Å². The van der Waals surface area contributed by atoms with Crippen LogP contribution >= 0.6 is 0 Å². The summed E-state index contributed by atoms with van der Waals surface area (Å²) in [5.74, 6) is -0.843. The van der Waals surface area contributed by atoms with E-state index < -0.39 is 5.92 Å². The number of hydrogen-bond donors (Lipinski definition) is 2. The van der Waals surface area contributed by atoms with E-state index in [1.54, 1.807) is 29.2 Å². The van der Waals surface area contributed by atoms with Crippen LogP contribution in [0.25, 0.3) is 0 Å². The summed E-state index contributed by atoms with van der Waals surface area (Å²) < 4.78 is 0. The average molecular weight is 379 g/mol. The standard InChI is InChI=1S/C22H25N3O3/c1-13-8-14(2)21(15(3)9-13)24-22(28)17-10-20(27)25(12-17)19-7-5-6-18(11-19)23-16(4)26/h5-9,11,17H,10,12H2,1-4H3,(H,23,26)(H,24,28). The number of rotatable bonds is 4. The molecule has 1 aliphatic heterocycles. The first kappa shape index (κ1) is 19.6. The van der Waals surface area contributed by atoms with Crippen LogP contribution in [-0.4, -0.2) is 24.3 Å². The first-order chi connectivity index (χ1) is 13.2. The van der Waals surface area contributed by atoms with Crippen molar-refractivity contribution in [2.24, 2.45) is 5.92 Å². The third-order valence-corrected chi connectivity index (χ3v) is 4.90. The lowest BCUT2D eigenvalue weighted by Gasteiger charge is -2.18. The Morgan fingerprint density at radius 1 is 1.04 bits per heavy atom. The number of nitrogens with one attached hydrogen (secondary N) is 2. The minimum atomic E-state index is -0.419. The Labute approximate surface area is 164 Å². The van der Waals surface area contributed by atoms with Crippen LogP contribution in [0.3, 0.4) is 0 Å². The molecule has 6 nitrogen and oxygen atoms in total. The van der Waals surface area contributed by atoms with E-state index in [9.17, 15) is 14.4 Å². The van der Waals surface area contributed by atoms with Gasteiger partial charge in [0.15, 0.2) is 0 Å². The zero-order valence-corrected chi connectivity index (χ0v) is 16.6. The van der Waals surface area contributed by atoms with Crippen molar-refractivity contribution >= 4 is 34.8 Å². The molecule has 6 heteroatoms. The number of carbonyl (C=O) groups excluding carboxylic acids is 3. The quantitative estimate of drug-likeness (QED) is 0.853. The summed E-state index contributed by atoms with van der Waals surface area (Å²) in [7, 11) is 0. The monoisotopic (exact) mass is 379 g/mol. The zero-order chi connectivity index (χ0) is 20.4. The summed E-state index contributed by atoms with van der Waals surface area (Å²) in [5.41, 5.74) is 5.28. The van der Waals surface area contributed by atoms with Gasteiger partial charge in [-0.1, -0.05) is 23.8 Å². The van der Waals surface area contributed by atoms with E-state index in [0.29, 0.717) is 17.9 Å². The molecule has 0 saturated carbocycles. The Kier molecular flexibility index (Phi) is 5.49. The van der Waals surface area contributed by atoms with Crippen molar-refractivity contribution in [2.75, 3.05) is 22.1 Å². The van der Waals surface area contributed by atoms with Crippen LogP contribution < -0.4 is 15.5 Å². The van der Waals surface area contributed by atoms with Gasteiger partial charge in [0.2, 0.25) is 17.7 Å². The van der Waals surface area contributed by atoms with E-state index in [-0.39, 0.29) is 24.1 Å². The van der Waals surface area contributed by atoms with Gasteiger partial charge in [-0.2, -0.15) is 0 Å². The van der Waals surface area contributed by atoms with Crippen LogP contribution in [0, 0.1) is 26.7 Å². The summed E-state index contributed by atoms with van der Waals surface area (Å²) in [5, 5.41) is 5.71. The molecule has 1 heterocycles. The molecule has 0 radical (unpaired) electrons. The van der Waals surface area contributed by atoms with Gasteiger partial charge < -0.3 is 15.5 Å². The van der Waals surface area contributed by atoms with Crippen molar-refractivity contribution in [3.05, 3.63) is 53.1 Å². The minimum absolute atomic E-state index is 0.0996. The lowest BCUT2D eigenvalue weighted by molar-refractivity contribution is -0.122. The number of aryl methyl sites for hydroxylation is 3. The Bertz CT molecular complexity index is 929. The SMILES string of the molecule is CC(=O)Nc1cccc(N2CC(C(=O)Nc3c(C)cc(C)cc3C)CC2=O)c1. The average Bonchev–Trinajstić information content (AvgIpc) is 2.99. The Morgan fingerprint density at radius 3 is 2.36 bits per heavy atom. The molecular weight excluding hydrogens is 354 g/mol. The van der Waals surface area contributed by atoms with Crippen LogP contribution in [0.1, 0.15) is 30.0 Å². The van der Waals surface area contributed by atoms with Crippen molar-refractivity contribution in [2.45, 2.75) is 34.1 Å². The number of anilines is 3. The zero-order valence-electron chi connectivity index (χ0n) is 16.6. The smallest absolute Gasteiger partial charge is 0.229 e. The van der Waals surface area contributed by atoms with E-state index in [2.05, 4.69) is 10.6 Å². The van der Waals surface area contributed by atoms with Gasteiger partial charge in [-0.05, 0) is 50.1 Å². The Hall–Kier alpha value is -3.15. The molecule has 1 fully saturated rings. The van der Waals surface area contributed by atoms with Gasteiger partial charge in [-0.25, -0.2) is 0 Å². The highest BCUT2D eigenvalue weighted by molar-refractivity contribution is 6.04. The van der Waals surface area contributed by atoms with Crippen LogP contribution in [0.5, 0.6) is 0 Å². The number of benzene rings is 2. The first-order valence-electron chi connectivity index (χ1n) is 9.31. The maximum Gasteiger partial charge on any atom is 0.229 e. The highest BCUT2D eigenvalue weighted by atomic mass is 16.2. The van der Waals surface area contributed by atoms with Gasteiger partial charge in [-0.3, -0.25) is 14.4 Å². The molecule has 1 atom stereocenters. The predicted octanol–water partition coefficient (Wildman–Crippen LogP) is 3.56. The molecule has 3 rings (SSSR count). The third-order valence-electron chi connectivity index (χ3n) is 4.90. The van der Waals surface area contributed by atoms with Gasteiger partial charge in [0, 0.05) is 37.0 Å². The molecule has 1 aliphatic rings. The highest BCUT2D eigenvalue weighted by Gasteiger charge is 2.35. The topological polar surface area (TPSA) is 78.5 Å². The van der Waals surface area contributed by atoms with E-state index in [1.807, 2.05) is 32.9 Å². The second-order valence-corrected chi connectivity index (χ2v) is 7.40. The normalized spacial score (nSPS) is 16.2. The fraction of sp³-hybridized carbons (Fsp3) is 0.318. The fourth-order valence-electron chi connectivity index (χ4n) is 3.69. The summed E-state index contributed by atoms with van der Waals surface area (Å²) >= 11 is 0. The highest BCUT2D eigenvalue weighted by Crippen LogP contribution is 2.29. The summed E-state index contributed by atoms with van der Waals surface area (Å²) in [4.78, 5) is 38.2. The predicted molar refractivity (Wildman–Crippen MR) is 110 cm³/mol. The van der Waals surface area contributed by atoms with Crippen molar-refractivity contribution in [3.8, 4) is 0 Å². The molecular formula is C22H25N3O3. The number of carbonyl (C=O) groups is 3. The molecule has 1 unspecified atom stereocenters. The third kappa shape index (κ3) is 4.22. The van der Waals surface area contributed by atoms with Crippen LogP contribution in [0.15, 0.2) is 36.4 Å². The van der Waals surface area contributed by atoms with Gasteiger partial charge in [0.05, 0.1) is 5.92 Å².